The number of sulfonamides is 1. The van der Waals surface area contributed by atoms with Gasteiger partial charge < -0.3 is 5.73 Å². The highest BCUT2D eigenvalue weighted by Gasteiger charge is 2.41. The van der Waals surface area contributed by atoms with Crippen LogP contribution in [-0.4, -0.2) is 31.9 Å². The normalized spacial score (nSPS) is 30.3. The van der Waals surface area contributed by atoms with Crippen molar-refractivity contribution in [2.24, 2.45) is 17.6 Å². The van der Waals surface area contributed by atoms with Crippen molar-refractivity contribution >= 4 is 21.6 Å². The molecule has 1 saturated heterocycles. The fourth-order valence-electron chi connectivity index (χ4n) is 3.66. The van der Waals surface area contributed by atoms with Gasteiger partial charge in [0.1, 0.15) is 0 Å². The Bertz CT molecular complexity index is 647. The number of benzene rings is 1. The highest BCUT2D eigenvalue weighted by Crippen LogP contribution is 2.38. The number of nitrogens with zero attached hydrogens (tertiary/aromatic N) is 1. The molecule has 3 atom stereocenters. The molecule has 1 aliphatic heterocycles. The van der Waals surface area contributed by atoms with Crippen LogP contribution in [0.3, 0.4) is 0 Å². The summed E-state index contributed by atoms with van der Waals surface area (Å²) in [6.45, 7) is 3.02. The summed E-state index contributed by atoms with van der Waals surface area (Å²) in [6, 6.07) is 5.18. The standard InChI is InChI=1S/C15H21ClN2O2S/c1-10-6-13(16)3-5-15(10)21(19,20)18-8-11-2-4-14(17)7-12(11)9-18/h3,5-6,11-12,14H,2,4,7-9,17H2,1H3/t11-,12+,14?/m1/s1. The first-order valence-electron chi connectivity index (χ1n) is 7.40. The number of fused-ring (bicyclic) bond motifs is 1. The molecule has 1 aliphatic carbocycles. The summed E-state index contributed by atoms with van der Waals surface area (Å²) in [7, 11) is -3.43. The Morgan fingerprint density at radius 2 is 1.95 bits per heavy atom. The quantitative estimate of drug-likeness (QED) is 0.906. The van der Waals surface area contributed by atoms with E-state index in [2.05, 4.69) is 0 Å². The van der Waals surface area contributed by atoms with Gasteiger partial charge in [-0.05, 0) is 61.8 Å². The average molecular weight is 329 g/mol. The molecule has 2 fully saturated rings. The number of rotatable bonds is 2. The lowest BCUT2D eigenvalue weighted by Crippen LogP contribution is -2.32. The van der Waals surface area contributed by atoms with E-state index in [1.807, 2.05) is 0 Å². The number of aryl methyl sites for hydroxylation is 1. The SMILES string of the molecule is Cc1cc(Cl)ccc1S(=O)(=O)N1C[C@H]2CCC(N)C[C@H]2C1. The second kappa shape index (κ2) is 5.54. The van der Waals surface area contributed by atoms with Crippen molar-refractivity contribution in [3.8, 4) is 0 Å². The van der Waals surface area contributed by atoms with Crippen LogP contribution in [0.2, 0.25) is 5.02 Å². The number of nitrogens with two attached hydrogens (primary N) is 1. The molecule has 1 aromatic rings. The molecule has 2 N–H and O–H groups in total. The summed E-state index contributed by atoms with van der Waals surface area (Å²) < 4.78 is 27.3. The van der Waals surface area contributed by atoms with E-state index in [1.165, 1.54) is 0 Å². The van der Waals surface area contributed by atoms with Gasteiger partial charge in [0.05, 0.1) is 4.90 Å². The van der Waals surface area contributed by atoms with Gasteiger partial charge in [0.15, 0.2) is 0 Å². The van der Waals surface area contributed by atoms with Crippen molar-refractivity contribution in [3.05, 3.63) is 28.8 Å². The molecule has 6 heteroatoms. The van der Waals surface area contributed by atoms with Crippen LogP contribution >= 0.6 is 11.6 Å². The molecule has 2 aliphatic rings. The zero-order valence-corrected chi connectivity index (χ0v) is 13.7. The fourth-order valence-corrected chi connectivity index (χ4v) is 5.65. The van der Waals surface area contributed by atoms with E-state index in [-0.39, 0.29) is 6.04 Å². The largest absolute Gasteiger partial charge is 0.328 e. The zero-order valence-electron chi connectivity index (χ0n) is 12.1. The number of hydrogen-bond donors (Lipinski definition) is 1. The van der Waals surface area contributed by atoms with E-state index in [0.717, 1.165) is 19.3 Å². The van der Waals surface area contributed by atoms with E-state index < -0.39 is 10.0 Å². The van der Waals surface area contributed by atoms with Crippen LogP contribution in [0, 0.1) is 18.8 Å². The Labute approximate surface area is 131 Å². The minimum atomic E-state index is -3.43. The van der Waals surface area contributed by atoms with Gasteiger partial charge in [-0.3, -0.25) is 0 Å². The second-order valence-electron chi connectivity index (χ2n) is 6.33. The highest BCUT2D eigenvalue weighted by atomic mass is 35.5. The van der Waals surface area contributed by atoms with Gasteiger partial charge in [-0.1, -0.05) is 11.6 Å². The van der Waals surface area contributed by atoms with Crippen LogP contribution in [0.15, 0.2) is 23.1 Å². The molecule has 1 aromatic carbocycles. The van der Waals surface area contributed by atoms with Gasteiger partial charge >= 0.3 is 0 Å². The van der Waals surface area contributed by atoms with Crippen molar-refractivity contribution in [2.45, 2.75) is 37.1 Å². The summed E-state index contributed by atoms with van der Waals surface area (Å²) in [5, 5.41) is 0.563. The molecule has 3 rings (SSSR count). The molecule has 1 unspecified atom stereocenters. The molecule has 0 bridgehead atoms. The molecule has 0 radical (unpaired) electrons. The van der Waals surface area contributed by atoms with Gasteiger partial charge in [0, 0.05) is 24.2 Å². The fraction of sp³-hybridized carbons (Fsp3) is 0.600. The summed E-state index contributed by atoms with van der Waals surface area (Å²) in [5.41, 5.74) is 6.72. The van der Waals surface area contributed by atoms with Crippen molar-refractivity contribution in [1.29, 1.82) is 0 Å². The molecule has 1 heterocycles. The molecule has 116 valence electrons. The lowest BCUT2D eigenvalue weighted by atomic mass is 9.79. The van der Waals surface area contributed by atoms with E-state index in [4.69, 9.17) is 17.3 Å². The number of halogens is 1. The third-order valence-electron chi connectivity index (χ3n) is 4.81. The van der Waals surface area contributed by atoms with Gasteiger partial charge in [0.25, 0.3) is 0 Å². The molecule has 0 aromatic heterocycles. The lowest BCUT2D eigenvalue weighted by Gasteiger charge is -2.28. The maximum absolute atomic E-state index is 12.8. The summed E-state index contributed by atoms with van der Waals surface area (Å²) >= 11 is 5.92. The third-order valence-corrected chi connectivity index (χ3v) is 7.04. The van der Waals surface area contributed by atoms with Gasteiger partial charge in [0.2, 0.25) is 10.0 Å². The smallest absolute Gasteiger partial charge is 0.243 e. The Hall–Kier alpha value is -0.620. The average Bonchev–Trinajstić information content (AvgIpc) is 2.81. The van der Waals surface area contributed by atoms with Crippen LogP contribution in [0.1, 0.15) is 24.8 Å². The molecule has 21 heavy (non-hydrogen) atoms. The summed E-state index contributed by atoms with van der Waals surface area (Å²) in [4.78, 5) is 0.370. The van der Waals surface area contributed by atoms with Crippen LogP contribution in [-0.2, 0) is 10.0 Å². The van der Waals surface area contributed by atoms with Gasteiger partial charge in [-0.2, -0.15) is 4.31 Å². The van der Waals surface area contributed by atoms with E-state index in [9.17, 15) is 8.42 Å². The van der Waals surface area contributed by atoms with Crippen molar-refractivity contribution in [1.82, 2.24) is 4.31 Å². The minimum Gasteiger partial charge on any atom is -0.328 e. The van der Waals surface area contributed by atoms with Crippen molar-refractivity contribution in [2.75, 3.05) is 13.1 Å². The van der Waals surface area contributed by atoms with Crippen LogP contribution in [0.25, 0.3) is 0 Å². The topological polar surface area (TPSA) is 63.4 Å². The molecule has 0 amide bonds. The van der Waals surface area contributed by atoms with Crippen LogP contribution in [0.5, 0.6) is 0 Å². The number of hydrogen-bond acceptors (Lipinski definition) is 3. The first kappa shape index (κ1) is 15.3. The van der Waals surface area contributed by atoms with Crippen LogP contribution in [0.4, 0.5) is 0 Å². The van der Waals surface area contributed by atoms with Crippen LogP contribution < -0.4 is 5.73 Å². The summed E-state index contributed by atoms with van der Waals surface area (Å²) in [6.07, 6.45) is 2.99. The van der Waals surface area contributed by atoms with E-state index >= 15 is 0 Å². The molecule has 4 nitrogen and oxygen atoms in total. The maximum atomic E-state index is 12.8. The minimum absolute atomic E-state index is 0.228. The third kappa shape index (κ3) is 2.84. The van der Waals surface area contributed by atoms with Gasteiger partial charge in [-0.25, -0.2) is 8.42 Å². The Kier molecular flexibility index (Phi) is 4.03. The Balaban J connectivity index is 1.86. The van der Waals surface area contributed by atoms with Crippen molar-refractivity contribution < 1.29 is 8.42 Å². The predicted molar refractivity (Wildman–Crippen MR) is 83.8 cm³/mol. The monoisotopic (exact) mass is 328 g/mol. The lowest BCUT2D eigenvalue weighted by molar-refractivity contribution is 0.271. The zero-order chi connectivity index (χ0) is 15.2. The first-order chi connectivity index (χ1) is 9.88. The van der Waals surface area contributed by atoms with Gasteiger partial charge in [-0.15, -0.1) is 0 Å². The van der Waals surface area contributed by atoms with Crippen molar-refractivity contribution in [3.63, 3.8) is 0 Å². The first-order valence-corrected chi connectivity index (χ1v) is 9.21. The van der Waals surface area contributed by atoms with E-state index in [1.54, 1.807) is 29.4 Å². The Morgan fingerprint density at radius 1 is 1.24 bits per heavy atom. The second-order valence-corrected chi connectivity index (χ2v) is 8.67. The maximum Gasteiger partial charge on any atom is 0.243 e. The molecular formula is C15H21ClN2O2S. The predicted octanol–water partition coefficient (Wildman–Crippen LogP) is 2.40. The Morgan fingerprint density at radius 3 is 2.67 bits per heavy atom. The molecule has 0 spiro atoms. The molecular weight excluding hydrogens is 308 g/mol. The van der Waals surface area contributed by atoms with E-state index in [0.29, 0.717) is 40.4 Å². The highest BCUT2D eigenvalue weighted by molar-refractivity contribution is 7.89. The summed E-state index contributed by atoms with van der Waals surface area (Å²) in [5.74, 6) is 0.878. The molecule has 1 saturated carbocycles.